The van der Waals surface area contributed by atoms with Crippen LogP contribution in [0, 0.1) is 0 Å². The van der Waals surface area contributed by atoms with Crippen LogP contribution in [-0.4, -0.2) is 30.4 Å². The van der Waals surface area contributed by atoms with Gasteiger partial charge in [-0.2, -0.15) is 13.2 Å². The van der Waals surface area contributed by atoms with Crippen LogP contribution in [0.3, 0.4) is 0 Å². The van der Waals surface area contributed by atoms with Gasteiger partial charge in [0.05, 0.1) is 5.56 Å². The predicted molar refractivity (Wildman–Crippen MR) is 102 cm³/mol. The first-order valence-corrected chi connectivity index (χ1v) is 8.23. The Bertz CT molecular complexity index is 814. The van der Waals surface area contributed by atoms with E-state index in [0.717, 1.165) is 11.6 Å². The molecule has 27 heavy (non-hydrogen) atoms. The fourth-order valence-electron chi connectivity index (χ4n) is 3.85. The summed E-state index contributed by atoms with van der Waals surface area (Å²) in [5.74, 6) is -0.320. The molecule has 1 fully saturated rings. The fraction of sp³-hybridized carbons (Fsp3) is 0.316. The van der Waals surface area contributed by atoms with Gasteiger partial charge in [0, 0.05) is 25.6 Å². The Morgan fingerprint density at radius 3 is 2.37 bits per heavy atom. The van der Waals surface area contributed by atoms with Crippen molar-refractivity contribution in [1.82, 2.24) is 10.2 Å². The smallest absolute Gasteiger partial charge is 0.353 e. The summed E-state index contributed by atoms with van der Waals surface area (Å²) in [4.78, 5) is 14.4. The SMILES string of the molecule is Cl.Cl.O=C1NCCN2C[C@H](c3ccccc3)c3cc(C(F)(F)F)ccc3[C@@H]12. The molecule has 0 bridgehead atoms. The molecular formula is C19H19Cl2F3N2O. The molecule has 0 saturated carbocycles. The van der Waals surface area contributed by atoms with E-state index in [4.69, 9.17) is 0 Å². The molecule has 2 aliphatic heterocycles. The number of nitrogens with zero attached hydrogens (tertiary/aromatic N) is 1. The monoisotopic (exact) mass is 418 g/mol. The van der Waals surface area contributed by atoms with E-state index in [2.05, 4.69) is 10.2 Å². The highest BCUT2D eigenvalue weighted by molar-refractivity contribution is 5.86. The summed E-state index contributed by atoms with van der Waals surface area (Å²) in [6.07, 6.45) is -4.40. The lowest BCUT2D eigenvalue weighted by Crippen LogP contribution is -2.53. The van der Waals surface area contributed by atoms with Crippen LogP contribution >= 0.6 is 24.8 Å². The summed E-state index contributed by atoms with van der Waals surface area (Å²) >= 11 is 0. The summed E-state index contributed by atoms with van der Waals surface area (Å²) in [5, 5.41) is 2.82. The van der Waals surface area contributed by atoms with Crippen molar-refractivity contribution >= 4 is 30.7 Å². The zero-order chi connectivity index (χ0) is 17.6. The Hall–Kier alpha value is -1.76. The van der Waals surface area contributed by atoms with Crippen molar-refractivity contribution in [2.24, 2.45) is 0 Å². The molecule has 2 atom stereocenters. The van der Waals surface area contributed by atoms with Gasteiger partial charge in [-0.15, -0.1) is 24.8 Å². The number of halogens is 5. The summed E-state index contributed by atoms with van der Waals surface area (Å²) in [5.41, 5.74) is 1.56. The maximum atomic E-state index is 13.2. The van der Waals surface area contributed by atoms with E-state index in [1.165, 1.54) is 12.1 Å². The lowest BCUT2D eigenvalue weighted by molar-refractivity contribution is -0.137. The van der Waals surface area contributed by atoms with Gasteiger partial charge in [0.25, 0.3) is 0 Å². The van der Waals surface area contributed by atoms with Crippen LogP contribution < -0.4 is 5.32 Å². The lowest BCUT2D eigenvalue weighted by atomic mass is 9.79. The Kier molecular flexibility index (Phi) is 6.45. The Morgan fingerprint density at radius 2 is 1.70 bits per heavy atom. The molecular weight excluding hydrogens is 400 g/mol. The second-order valence-corrected chi connectivity index (χ2v) is 6.49. The maximum absolute atomic E-state index is 13.2. The van der Waals surface area contributed by atoms with Gasteiger partial charge in [-0.3, -0.25) is 9.69 Å². The van der Waals surface area contributed by atoms with Gasteiger partial charge in [-0.1, -0.05) is 36.4 Å². The topological polar surface area (TPSA) is 32.3 Å². The predicted octanol–water partition coefficient (Wildman–Crippen LogP) is 4.17. The number of carbonyl (C=O) groups excluding carboxylic acids is 1. The van der Waals surface area contributed by atoms with Crippen LogP contribution in [0.2, 0.25) is 0 Å². The molecule has 2 heterocycles. The second kappa shape index (κ2) is 8.09. The standard InChI is InChI=1S/C19H17F3N2O.2ClH/c20-19(21,22)13-6-7-14-15(10-13)16(12-4-2-1-3-5-12)11-24-9-8-23-18(25)17(14)24;;/h1-7,10,16-17H,8-9,11H2,(H,23,25);2*1H/t16-,17+;;/m1../s1. The van der Waals surface area contributed by atoms with Gasteiger partial charge < -0.3 is 5.32 Å². The molecule has 2 aromatic rings. The molecule has 0 unspecified atom stereocenters. The minimum absolute atomic E-state index is 0. The molecule has 2 aromatic carbocycles. The number of hydrogen-bond acceptors (Lipinski definition) is 2. The lowest BCUT2D eigenvalue weighted by Gasteiger charge is -2.43. The van der Waals surface area contributed by atoms with Crippen molar-refractivity contribution in [1.29, 1.82) is 0 Å². The van der Waals surface area contributed by atoms with Gasteiger partial charge in [0.1, 0.15) is 6.04 Å². The summed E-state index contributed by atoms with van der Waals surface area (Å²) in [7, 11) is 0. The van der Waals surface area contributed by atoms with Gasteiger partial charge >= 0.3 is 6.18 Å². The first kappa shape index (κ1) is 21.5. The van der Waals surface area contributed by atoms with E-state index in [-0.39, 0.29) is 36.6 Å². The van der Waals surface area contributed by atoms with Gasteiger partial charge in [0.2, 0.25) is 5.91 Å². The first-order chi connectivity index (χ1) is 11.9. The van der Waals surface area contributed by atoms with Gasteiger partial charge in [-0.25, -0.2) is 0 Å². The van der Waals surface area contributed by atoms with Gasteiger partial charge in [0.15, 0.2) is 0 Å². The Balaban J connectivity index is 0.00000131. The number of hydrogen-bond donors (Lipinski definition) is 1. The molecule has 8 heteroatoms. The molecule has 2 aliphatic rings. The molecule has 1 saturated heterocycles. The summed E-state index contributed by atoms with van der Waals surface area (Å²) < 4.78 is 39.6. The zero-order valence-electron chi connectivity index (χ0n) is 14.2. The minimum atomic E-state index is -4.40. The van der Waals surface area contributed by atoms with Crippen molar-refractivity contribution in [3.63, 3.8) is 0 Å². The van der Waals surface area contributed by atoms with Crippen molar-refractivity contribution < 1.29 is 18.0 Å². The van der Waals surface area contributed by atoms with Crippen LogP contribution in [-0.2, 0) is 11.0 Å². The van der Waals surface area contributed by atoms with Crippen molar-refractivity contribution in [2.75, 3.05) is 19.6 Å². The average molecular weight is 419 g/mol. The number of fused-ring (bicyclic) bond motifs is 3. The summed E-state index contributed by atoms with van der Waals surface area (Å²) in [6, 6.07) is 12.8. The van der Waals surface area contributed by atoms with E-state index in [0.29, 0.717) is 30.8 Å². The van der Waals surface area contributed by atoms with E-state index in [1.807, 2.05) is 30.3 Å². The number of alkyl halides is 3. The Morgan fingerprint density at radius 1 is 1.00 bits per heavy atom. The van der Waals surface area contributed by atoms with Crippen LogP contribution in [0.15, 0.2) is 48.5 Å². The van der Waals surface area contributed by atoms with E-state index in [9.17, 15) is 18.0 Å². The molecule has 146 valence electrons. The van der Waals surface area contributed by atoms with Crippen LogP contribution in [0.1, 0.15) is 34.2 Å². The van der Waals surface area contributed by atoms with Gasteiger partial charge in [-0.05, 0) is 28.8 Å². The third-order valence-corrected chi connectivity index (χ3v) is 5.01. The quantitative estimate of drug-likeness (QED) is 0.753. The minimum Gasteiger partial charge on any atom is -0.353 e. The first-order valence-electron chi connectivity index (χ1n) is 8.23. The molecule has 0 aromatic heterocycles. The zero-order valence-corrected chi connectivity index (χ0v) is 15.8. The Labute approximate surface area is 167 Å². The van der Waals surface area contributed by atoms with Crippen LogP contribution in [0.4, 0.5) is 13.2 Å². The van der Waals surface area contributed by atoms with Crippen molar-refractivity contribution in [2.45, 2.75) is 18.1 Å². The largest absolute Gasteiger partial charge is 0.416 e. The number of rotatable bonds is 1. The molecule has 0 aliphatic carbocycles. The second-order valence-electron chi connectivity index (χ2n) is 6.49. The van der Waals surface area contributed by atoms with E-state index >= 15 is 0 Å². The average Bonchev–Trinajstić information content (AvgIpc) is 2.60. The van der Waals surface area contributed by atoms with Crippen molar-refractivity contribution in [3.05, 3.63) is 70.8 Å². The van der Waals surface area contributed by atoms with E-state index < -0.39 is 17.8 Å². The third-order valence-electron chi connectivity index (χ3n) is 5.01. The molecule has 0 spiro atoms. The number of piperazine rings is 1. The molecule has 3 nitrogen and oxygen atoms in total. The number of benzene rings is 2. The summed E-state index contributed by atoms with van der Waals surface area (Å²) in [6.45, 7) is 1.80. The van der Waals surface area contributed by atoms with E-state index in [1.54, 1.807) is 0 Å². The normalized spacial score (nSPS) is 21.8. The highest BCUT2D eigenvalue weighted by Crippen LogP contribution is 2.42. The number of amides is 1. The van der Waals surface area contributed by atoms with Crippen molar-refractivity contribution in [3.8, 4) is 0 Å². The highest BCUT2D eigenvalue weighted by atomic mass is 35.5. The third kappa shape index (κ3) is 3.93. The van der Waals surface area contributed by atoms with Crippen LogP contribution in [0.5, 0.6) is 0 Å². The highest BCUT2D eigenvalue weighted by Gasteiger charge is 2.41. The molecule has 1 N–H and O–H groups in total. The number of carbonyl (C=O) groups is 1. The fourth-order valence-corrected chi connectivity index (χ4v) is 3.85. The molecule has 4 rings (SSSR count). The van der Waals surface area contributed by atoms with Crippen LogP contribution in [0.25, 0.3) is 0 Å². The number of nitrogens with one attached hydrogen (secondary N) is 1. The maximum Gasteiger partial charge on any atom is 0.416 e. The molecule has 0 radical (unpaired) electrons. The molecule has 1 amide bonds.